The average molecular weight is 274 g/mol. The summed E-state index contributed by atoms with van der Waals surface area (Å²) in [6.45, 7) is 4.38. The average Bonchev–Trinajstić information content (AvgIpc) is 3.00. The van der Waals surface area contributed by atoms with Gasteiger partial charge in [0.05, 0.1) is 0 Å². The van der Waals surface area contributed by atoms with Crippen LogP contribution in [0, 0.1) is 0 Å². The maximum atomic E-state index is 6.09. The fraction of sp³-hybridized carbons (Fsp3) is 0.647. The van der Waals surface area contributed by atoms with E-state index in [4.69, 9.17) is 4.74 Å². The third-order valence-electron chi connectivity index (χ3n) is 4.68. The van der Waals surface area contributed by atoms with Crippen LogP contribution in [0.2, 0.25) is 0 Å². The Morgan fingerprint density at radius 3 is 2.90 bits per heavy atom. The van der Waals surface area contributed by atoms with E-state index >= 15 is 0 Å². The molecular formula is C17H26N2O. The quantitative estimate of drug-likeness (QED) is 0.893. The first kappa shape index (κ1) is 13.9. The Labute approximate surface area is 122 Å². The van der Waals surface area contributed by atoms with Gasteiger partial charge in [0.1, 0.15) is 12.4 Å². The van der Waals surface area contributed by atoms with Gasteiger partial charge < -0.3 is 10.1 Å². The van der Waals surface area contributed by atoms with Crippen molar-refractivity contribution in [1.29, 1.82) is 0 Å². The molecule has 0 saturated carbocycles. The Balaban J connectivity index is 1.64. The van der Waals surface area contributed by atoms with Crippen molar-refractivity contribution < 1.29 is 4.74 Å². The number of nitrogens with zero attached hydrogens (tertiary/aromatic N) is 1. The molecule has 1 aromatic rings. The smallest absolute Gasteiger partial charge is 0.122 e. The maximum Gasteiger partial charge on any atom is 0.122 e. The minimum atomic E-state index is 0.501. The summed E-state index contributed by atoms with van der Waals surface area (Å²) in [6, 6.07) is 7.03. The lowest BCUT2D eigenvalue weighted by molar-refractivity contribution is 0.235. The van der Waals surface area contributed by atoms with E-state index < -0.39 is 0 Å². The van der Waals surface area contributed by atoms with Crippen molar-refractivity contribution in [2.24, 2.45) is 0 Å². The minimum Gasteiger partial charge on any atom is -0.492 e. The van der Waals surface area contributed by atoms with Gasteiger partial charge in [-0.15, -0.1) is 0 Å². The lowest BCUT2D eigenvalue weighted by Crippen LogP contribution is -2.26. The summed E-state index contributed by atoms with van der Waals surface area (Å²) in [5.41, 5.74) is 2.87. The largest absolute Gasteiger partial charge is 0.492 e. The van der Waals surface area contributed by atoms with Gasteiger partial charge in [0, 0.05) is 12.6 Å². The molecule has 3 heteroatoms. The molecule has 1 saturated heterocycles. The van der Waals surface area contributed by atoms with Crippen molar-refractivity contribution in [2.75, 3.05) is 33.3 Å². The maximum absolute atomic E-state index is 6.09. The van der Waals surface area contributed by atoms with Gasteiger partial charge in [-0.05, 0) is 69.4 Å². The first-order valence-corrected chi connectivity index (χ1v) is 8.02. The summed E-state index contributed by atoms with van der Waals surface area (Å²) < 4.78 is 6.09. The molecule has 1 aliphatic carbocycles. The molecule has 1 aliphatic heterocycles. The summed E-state index contributed by atoms with van der Waals surface area (Å²) in [4.78, 5) is 2.51. The van der Waals surface area contributed by atoms with Crippen molar-refractivity contribution >= 4 is 0 Å². The summed E-state index contributed by atoms with van der Waals surface area (Å²) in [5.74, 6) is 1.11. The Bertz CT molecular complexity index is 441. The van der Waals surface area contributed by atoms with E-state index in [1.165, 1.54) is 49.9 Å². The Morgan fingerprint density at radius 2 is 2.10 bits per heavy atom. The number of ether oxygens (including phenoxy) is 1. The summed E-state index contributed by atoms with van der Waals surface area (Å²) >= 11 is 0. The molecule has 20 heavy (non-hydrogen) atoms. The topological polar surface area (TPSA) is 24.5 Å². The molecule has 0 aromatic heterocycles. The highest BCUT2D eigenvalue weighted by molar-refractivity contribution is 5.43. The van der Waals surface area contributed by atoms with Crippen molar-refractivity contribution in [1.82, 2.24) is 10.2 Å². The van der Waals surface area contributed by atoms with Gasteiger partial charge in [0.25, 0.3) is 0 Å². The van der Waals surface area contributed by atoms with Crippen LogP contribution in [0.25, 0.3) is 0 Å². The lowest BCUT2D eigenvalue weighted by atomic mass is 9.87. The molecule has 0 radical (unpaired) electrons. The second-order valence-electron chi connectivity index (χ2n) is 5.95. The molecule has 1 unspecified atom stereocenters. The molecule has 110 valence electrons. The van der Waals surface area contributed by atoms with Crippen LogP contribution in [0.5, 0.6) is 5.75 Å². The van der Waals surface area contributed by atoms with Gasteiger partial charge in [-0.2, -0.15) is 0 Å². The van der Waals surface area contributed by atoms with Crippen LogP contribution in [0.15, 0.2) is 18.2 Å². The second-order valence-corrected chi connectivity index (χ2v) is 5.95. The second kappa shape index (κ2) is 6.59. The van der Waals surface area contributed by atoms with Crippen molar-refractivity contribution in [3.8, 4) is 5.75 Å². The highest BCUT2D eigenvalue weighted by Crippen LogP contribution is 2.35. The van der Waals surface area contributed by atoms with Crippen LogP contribution in [-0.4, -0.2) is 38.2 Å². The molecule has 1 N–H and O–H groups in total. The van der Waals surface area contributed by atoms with E-state index in [0.717, 1.165) is 25.3 Å². The van der Waals surface area contributed by atoms with Crippen LogP contribution in [0.3, 0.4) is 0 Å². The Hall–Kier alpha value is -1.06. The van der Waals surface area contributed by atoms with Crippen LogP contribution < -0.4 is 10.1 Å². The van der Waals surface area contributed by atoms with Gasteiger partial charge in [-0.1, -0.05) is 12.1 Å². The fourth-order valence-corrected chi connectivity index (χ4v) is 3.54. The number of likely N-dealkylation sites (tertiary alicyclic amines) is 1. The number of fused-ring (bicyclic) bond motifs is 1. The molecule has 3 nitrogen and oxygen atoms in total. The number of rotatable bonds is 5. The predicted octanol–water partition coefficient (Wildman–Crippen LogP) is 2.76. The molecule has 1 heterocycles. The van der Waals surface area contributed by atoms with Gasteiger partial charge >= 0.3 is 0 Å². The summed E-state index contributed by atoms with van der Waals surface area (Å²) in [6.07, 6.45) is 6.36. The molecule has 1 aromatic carbocycles. The monoisotopic (exact) mass is 274 g/mol. The minimum absolute atomic E-state index is 0.501. The fourth-order valence-electron chi connectivity index (χ4n) is 3.54. The van der Waals surface area contributed by atoms with Gasteiger partial charge in [-0.3, -0.25) is 4.90 Å². The van der Waals surface area contributed by atoms with Crippen LogP contribution in [-0.2, 0) is 6.42 Å². The molecule has 0 spiro atoms. The molecular weight excluding hydrogens is 248 g/mol. The number of benzene rings is 1. The van der Waals surface area contributed by atoms with Gasteiger partial charge in [0.2, 0.25) is 0 Å². The van der Waals surface area contributed by atoms with Crippen LogP contribution >= 0.6 is 0 Å². The molecule has 1 fully saturated rings. The van der Waals surface area contributed by atoms with Crippen LogP contribution in [0.4, 0.5) is 0 Å². The normalized spacial score (nSPS) is 22.8. The summed E-state index contributed by atoms with van der Waals surface area (Å²) in [7, 11) is 2.06. The zero-order valence-electron chi connectivity index (χ0n) is 12.5. The number of hydrogen-bond acceptors (Lipinski definition) is 3. The molecule has 3 rings (SSSR count). The molecule has 0 bridgehead atoms. The van der Waals surface area contributed by atoms with E-state index in [-0.39, 0.29) is 0 Å². The molecule has 1 atom stereocenters. The SMILES string of the molecule is CNC1CCCc2c(OCCN3CCCC3)cccc21. The van der Waals surface area contributed by atoms with E-state index in [1.807, 2.05) is 0 Å². The van der Waals surface area contributed by atoms with E-state index in [1.54, 1.807) is 0 Å². The molecule has 0 amide bonds. The van der Waals surface area contributed by atoms with Crippen molar-refractivity contribution in [3.05, 3.63) is 29.3 Å². The number of hydrogen-bond donors (Lipinski definition) is 1. The summed E-state index contributed by atoms with van der Waals surface area (Å²) in [5, 5.41) is 3.42. The zero-order valence-corrected chi connectivity index (χ0v) is 12.5. The third-order valence-corrected chi connectivity index (χ3v) is 4.68. The van der Waals surface area contributed by atoms with Crippen LogP contribution in [0.1, 0.15) is 42.9 Å². The molecule has 2 aliphatic rings. The zero-order chi connectivity index (χ0) is 13.8. The van der Waals surface area contributed by atoms with Crippen molar-refractivity contribution in [2.45, 2.75) is 38.1 Å². The Morgan fingerprint density at radius 1 is 1.25 bits per heavy atom. The van der Waals surface area contributed by atoms with E-state index in [2.05, 4.69) is 35.5 Å². The lowest BCUT2D eigenvalue weighted by Gasteiger charge is -2.27. The predicted molar refractivity (Wildman–Crippen MR) is 82.3 cm³/mol. The Kier molecular flexibility index (Phi) is 4.58. The first-order valence-electron chi connectivity index (χ1n) is 8.02. The van der Waals surface area contributed by atoms with E-state index in [9.17, 15) is 0 Å². The highest BCUT2D eigenvalue weighted by Gasteiger charge is 2.21. The standard InChI is InChI=1S/C17H26N2O/c1-18-16-8-4-7-15-14(16)6-5-9-17(15)20-13-12-19-10-2-3-11-19/h5-6,9,16,18H,2-4,7-8,10-13H2,1H3. The van der Waals surface area contributed by atoms with Crippen molar-refractivity contribution in [3.63, 3.8) is 0 Å². The third kappa shape index (κ3) is 2.99. The number of nitrogens with one attached hydrogen (secondary N) is 1. The van der Waals surface area contributed by atoms with E-state index in [0.29, 0.717) is 6.04 Å². The van der Waals surface area contributed by atoms with Gasteiger partial charge in [0.15, 0.2) is 0 Å². The first-order chi connectivity index (χ1) is 9.88. The van der Waals surface area contributed by atoms with Gasteiger partial charge in [-0.25, -0.2) is 0 Å². The highest BCUT2D eigenvalue weighted by atomic mass is 16.5.